The Hall–Kier alpha value is -2.03. The summed E-state index contributed by atoms with van der Waals surface area (Å²) in [5.74, 6) is 5.15. The van der Waals surface area contributed by atoms with Crippen molar-refractivity contribution in [2.45, 2.75) is 58.2 Å². The Kier molecular flexibility index (Phi) is 6.33. The quantitative estimate of drug-likeness (QED) is 0.562. The molecule has 0 unspecified atom stereocenters. The lowest BCUT2D eigenvalue weighted by Gasteiger charge is -2.41. The first-order valence-electron chi connectivity index (χ1n) is 9.18. The second kappa shape index (κ2) is 8.11. The smallest absolute Gasteiger partial charge is 0.338 e. The van der Waals surface area contributed by atoms with Crippen molar-refractivity contribution in [3.8, 4) is 11.8 Å². The largest absolute Gasteiger partial charge is 0.478 e. The van der Waals surface area contributed by atoms with Crippen LogP contribution in [0.15, 0.2) is 30.5 Å². The molecule has 2 heterocycles. The molecule has 0 aliphatic carbocycles. The Balaban J connectivity index is 2.32. The number of rotatable bonds is 6. The fourth-order valence-electron chi connectivity index (χ4n) is 4.20. The second-order valence-electron chi connectivity index (χ2n) is 7.62. The molecule has 0 spiro atoms. The van der Waals surface area contributed by atoms with Crippen molar-refractivity contribution in [2.24, 2.45) is 0 Å². The Labute approximate surface area is 157 Å². The number of fused-ring (bicyclic) bond motifs is 1. The maximum Gasteiger partial charge on any atom is 0.338 e. The highest BCUT2D eigenvalue weighted by molar-refractivity contribution is 6.77. The van der Waals surface area contributed by atoms with E-state index in [2.05, 4.69) is 53.4 Å². The molecule has 2 aromatic rings. The van der Waals surface area contributed by atoms with E-state index in [1.165, 1.54) is 0 Å². The molecule has 26 heavy (non-hydrogen) atoms. The van der Waals surface area contributed by atoms with Gasteiger partial charge < -0.3 is 13.9 Å². The number of aromatic carboxylic acids is 1. The van der Waals surface area contributed by atoms with Crippen LogP contribution in [0.2, 0.25) is 16.6 Å². The minimum Gasteiger partial charge on any atom is -0.478 e. The first kappa shape index (κ1) is 20.3. The summed E-state index contributed by atoms with van der Waals surface area (Å²) >= 11 is 0. The third kappa shape index (κ3) is 3.72. The monoisotopic (exact) mass is 371 g/mol. The lowest BCUT2D eigenvalue weighted by atomic mass is 10.2. The van der Waals surface area contributed by atoms with E-state index in [4.69, 9.17) is 4.43 Å². The number of hydrogen-bond donors (Lipinski definition) is 1. The summed E-state index contributed by atoms with van der Waals surface area (Å²) in [4.78, 5) is 11.5. The summed E-state index contributed by atoms with van der Waals surface area (Å²) < 4.78 is 8.25. The van der Waals surface area contributed by atoms with E-state index in [9.17, 15) is 9.90 Å². The van der Waals surface area contributed by atoms with Crippen LogP contribution in [0, 0.1) is 11.8 Å². The highest BCUT2D eigenvalue weighted by Gasteiger charge is 2.44. The van der Waals surface area contributed by atoms with Crippen molar-refractivity contribution in [3.05, 3.63) is 41.7 Å². The number of aromatic nitrogens is 1. The van der Waals surface area contributed by atoms with E-state index >= 15 is 0 Å². The first-order valence-corrected chi connectivity index (χ1v) is 11.3. The zero-order valence-electron chi connectivity index (χ0n) is 16.5. The molecule has 0 saturated heterocycles. The molecule has 0 aromatic carbocycles. The summed E-state index contributed by atoms with van der Waals surface area (Å²) in [6.07, 6.45) is 1.84. The van der Waals surface area contributed by atoms with Gasteiger partial charge in [-0.05, 0) is 40.7 Å². The zero-order valence-corrected chi connectivity index (χ0v) is 17.5. The molecule has 0 aliphatic rings. The average Bonchev–Trinajstić information content (AvgIpc) is 2.93. The van der Waals surface area contributed by atoms with E-state index in [0.29, 0.717) is 28.9 Å². The van der Waals surface area contributed by atoms with Crippen molar-refractivity contribution < 1.29 is 14.3 Å². The topological polar surface area (TPSA) is 50.9 Å². The Morgan fingerprint density at radius 1 is 1.15 bits per heavy atom. The second-order valence-corrected chi connectivity index (χ2v) is 13.1. The van der Waals surface area contributed by atoms with Crippen molar-refractivity contribution in [1.82, 2.24) is 4.40 Å². The van der Waals surface area contributed by atoms with Crippen LogP contribution in [0.5, 0.6) is 0 Å². The molecular formula is C21H29NO3Si. The summed E-state index contributed by atoms with van der Waals surface area (Å²) in [6.45, 7) is 13.8. The van der Waals surface area contributed by atoms with Crippen molar-refractivity contribution in [3.63, 3.8) is 0 Å². The van der Waals surface area contributed by atoms with Crippen LogP contribution in [0.1, 0.15) is 57.6 Å². The summed E-state index contributed by atoms with van der Waals surface area (Å²) in [7, 11) is -1.96. The molecule has 1 N–H and O–H groups in total. The van der Waals surface area contributed by atoms with Crippen LogP contribution in [0.25, 0.3) is 5.52 Å². The number of carboxylic acids is 1. The Morgan fingerprint density at radius 2 is 1.77 bits per heavy atom. The van der Waals surface area contributed by atoms with Gasteiger partial charge in [0.05, 0.1) is 12.2 Å². The van der Waals surface area contributed by atoms with Gasteiger partial charge in [0.15, 0.2) is 0 Å². The van der Waals surface area contributed by atoms with E-state index in [-0.39, 0.29) is 5.56 Å². The molecule has 2 rings (SSSR count). The minimum atomic E-state index is -1.96. The van der Waals surface area contributed by atoms with Gasteiger partial charge in [-0.25, -0.2) is 4.79 Å². The van der Waals surface area contributed by atoms with Gasteiger partial charge >= 0.3 is 5.97 Å². The highest BCUT2D eigenvalue weighted by Crippen LogP contribution is 2.42. The fraction of sp³-hybridized carbons (Fsp3) is 0.476. The lowest BCUT2D eigenvalue weighted by molar-refractivity contribution is 0.0696. The molecule has 0 radical (unpaired) electrons. The van der Waals surface area contributed by atoms with E-state index in [1.807, 2.05) is 28.8 Å². The molecular weight excluding hydrogens is 342 g/mol. The number of pyridine rings is 1. The molecule has 140 valence electrons. The van der Waals surface area contributed by atoms with E-state index in [0.717, 1.165) is 5.52 Å². The van der Waals surface area contributed by atoms with Gasteiger partial charge in [0, 0.05) is 11.7 Å². The van der Waals surface area contributed by atoms with Crippen LogP contribution >= 0.6 is 0 Å². The number of carbonyl (C=O) groups is 1. The lowest BCUT2D eigenvalue weighted by Crippen LogP contribution is -2.47. The van der Waals surface area contributed by atoms with Crippen LogP contribution in [0.3, 0.4) is 0 Å². The number of nitrogens with zero attached hydrogens (tertiary/aromatic N) is 1. The average molecular weight is 372 g/mol. The maximum atomic E-state index is 11.5. The van der Waals surface area contributed by atoms with Crippen molar-refractivity contribution in [2.75, 3.05) is 6.61 Å². The molecule has 2 aromatic heterocycles. The molecule has 0 aliphatic heterocycles. The minimum absolute atomic E-state index is 0.226. The molecule has 5 heteroatoms. The summed E-state index contributed by atoms with van der Waals surface area (Å²) in [5.41, 5.74) is 3.03. The van der Waals surface area contributed by atoms with Gasteiger partial charge in [0.2, 0.25) is 8.32 Å². The zero-order chi connectivity index (χ0) is 19.5. The van der Waals surface area contributed by atoms with Gasteiger partial charge in [0.25, 0.3) is 0 Å². The highest BCUT2D eigenvalue weighted by atomic mass is 28.4. The normalized spacial score (nSPS) is 12.0. The van der Waals surface area contributed by atoms with Gasteiger partial charge in [-0.15, -0.1) is 0 Å². The fourth-order valence-corrected chi connectivity index (χ4v) is 9.52. The van der Waals surface area contributed by atoms with Gasteiger partial charge in [0.1, 0.15) is 5.69 Å². The standard InChI is InChI=1S/C21H29NO3Si/c1-15(2)26(16(3)4,17(5)6)25-13-9-11-20-19(21(23)24)14-18-10-7-8-12-22(18)20/h7-8,10,12,14-17H,13H2,1-6H3,(H,23,24). The van der Waals surface area contributed by atoms with Crippen LogP contribution in [0.4, 0.5) is 0 Å². The SMILES string of the molecule is CC(C)[Si](OCC#Cc1c(C(=O)O)cc2ccccn12)(C(C)C)C(C)C. The van der Waals surface area contributed by atoms with E-state index in [1.54, 1.807) is 6.07 Å². The predicted octanol–water partition coefficient (Wildman–Crippen LogP) is 5.18. The van der Waals surface area contributed by atoms with Crippen LogP contribution < -0.4 is 0 Å². The number of hydrogen-bond acceptors (Lipinski definition) is 2. The molecule has 0 bridgehead atoms. The summed E-state index contributed by atoms with van der Waals surface area (Å²) in [6, 6.07) is 7.29. The predicted molar refractivity (Wildman–Crippen MR) is 108 cm³/mol. The first-order chi connectivity index (χ1) is 12.2. The van der Waals surface area contributed by atoms with Gasteiger partial charge in [-0.1, -0.05) is 53.5 Å². The Bertz CT molecular complexity index is 818. The molecule has 0 saturated carbocycles. The third-order valence-electron chi connectivity index (χ3n) is 5.22. The van der Waals surface area contributed by atoms with E-state index < -0.39 is 14.3 Å². The summed E-state index contributed by atoms with van der Waals surface area (Å²) in [5, 5.41) is 9.47. The maximum absolute atomic E-state index is 11.5. The number of carboxylic acid groups (broad SMARTS) is 1. The van der Waals surface area contributed by atoms with Crippen molar-refractivity contribution >= 4 is 19.8 Å². The third-order valence-corrected chi connectivity index (χ3v) is 11.3. The van der Waals surface area contributed by atoms with Gasteiger partial charge in [-0.2, -0.15) is 0 Å². The van der Waals surface area contributed by atoms with Crippen LogP contribution in [-0.2, 0) is 4.43 Å². The van der Waals surface area contributed by atoms with Crippen molar-refractivity contribution in [1.29, 1.82) is 0 Å². The molecule has 0 amide bonds. The molecule has 4 nitrogen and oxygen atoms in total. The van der Waals surface area contributed by atoms with Gasteiger partial charge in [-0.3, -0.25) is 0 Å². The molecule has 0 atom stereocenters. The van der Waals surface area contributed by atoms with Crippen LogP contribution in [-0.4, -0.2) is 30.4 Å². The molecule has 0 fully saturated rings. The Morgan fingerprint density at radius 3 is 2.31 bits per heavy atom.